The molecule has 0 N–H and O–H groups in total. The Bertz CT molecular complexity index is 638. The Kier molecular flexibility index (Phi) is 6.53. The normalized spacial score (nSPS) is 21.6. The van der Waals surface area contributed by atoms with Crippen molar-refractivity contribution in [3.8, 4) is 0 Å². The lowest BCUT2D eigenvalue weighted by atomic mass is 9.71. The first-order valence-electron chi connectivity index (χ1n) is 10.1. The molecule has 148 valence electrons. The second-order valence-electron chi connectivity index (χ2n) is 8.13. The number of likely N-dealkylation sites (tertiary alicyclic amines) is 2. The first-order chi connectivity index (χ1) is 13.0. The number of methoxy groups -OCH3 is 1. The molecule has 1 aromatic carbocycles. The molecular formula is C22H32N2O3. The van der Waals surface area contributed by atoms with E-state index in [1.807, 2.05) is 28.0 Å². The molecule has 1 spiro atoms. The van der Waals surface area contributed by atoms with Crippen molar-refractivity contribution in [1.82, 2.24) is 9.80 Å². The van der Waals surface area contributed by atoms with Gasteiger partial charge in [0, 0.05) is 52.6 Å². The number of carbonyl (C=O) groups is 2. The summed E-state index contributed by atoms with van der Waals surface area (Å²) in [6.07, 6.45) is 4.40. The molecular weight excluding hydrogens is 340 g/mol. The molecule has 27 heavy (non-hydrogen) atoms. The highest BCUT2D eigenvalue weighted by molar-refractivity contribution is 5.76. The topological polar surface area (TPSA) is 49.9 Å². The largest absolute Gasteiger partial charge is 0.384 e. The van der Waals surface area contributed by atoms with Gasteiger partial charge in [0.25, 0.3) is 0 Å². The Balaban J connectivity index is 1.49. The van der Waals surface area contributed by atoms with Crippen LogP contribution in [0.2, 0.25) is 0 Å². The van der Waals surface area contributed by atoms with E-state index in [0.29, 0.717) is 18.9 Å². The van der Waals surface area contributed by atoms with E-state index in [0.717, 1.165) is 51.9 Å². The molecule has 3 rings (SSSR count). The average Bonchev–Trinajstić information content (AvgIpc) is 3.02. The first-order valence-corrected chi connectivity index (χ1v) is 10.1. The van der Waals surface area contributed by atoms with Crippen LogP contribution in [0, 0.1) is 11.3 Å². The van der Waals surface area contributed by atoms with Crippen LogP contribution in [0.25, 0.3) is 0 Å². The molecule has 2 amide bonds. The second-order valence-corrected chi connectivity index (χ2v) is 8.13. The van der Waals surface area contributed by atoms with Gasteiger partial charge in [-0.2, -0.15) is 0 Å². The van der Waals surface area contributed by atoms with Gasteiger partial charge >= 0.3 is 0 Å². The van der Waals surface area contributed by atoms with Crippen molar-refractivity contribution in [3.05, 3.63) is 35.9 Å². The van der Waals surface area contributed by atoms with E-state index in [4.69, 9.17) is 4.74 Å². The monoisotopic (exact) mass is 372 g/mol. The summed E-state index contributed by atoms with van der Waals surface area (Å²) < 4.78 is 5.43. The average molecular weight is 373 g/mol. The third kappa shape index (κ3) is 4.70. The molecule has 2 fully saturated rings. The summed E-state index contributed by atoms with van der Waals surface area (Å²) in [5.41, 5.74) is 1.41. The summed E-state index contributed by atoms with van der Waals surface area (Å²) in [5, 5.41) is 0. The van der Waals surface area contributed by atoms with Gasteiger partial charge in [-0.15, -0.1) is 0 Å². The highest BCUT2D eigenvalue weighted by atomic mass is 16.5. The van der Waals surface area contributed by atoms with Crippen molar-refractivity contribution in [2.45, 2.75) is 39.0 Å². The summed E-state index contributed by atoms with van der Waals surface area (Å²) in [6.45, 7) is 5.54. The van der Waals surface area contributed by atoms with Crippen molar-refractivity contribution < 1.29 is 14.3 Å². The molecule has 2 aliphatic heterocycles. The van der Waals surface area contributed by atoms with Crippen LogP contribution in [0.3, 0.4) is 0 Å². The van der Waals surface area contributed by atoms with Gasteiger partial charge in [-0.05, 0) is 36.7 Å². The fourth-order valence-corrected chi connectivity index (χ4v) is 4.72. The van der Waals surface area contributed by atoms with Gasteiger partial charge in [-0.1, -0.05) is 30.3 Å². The molecule has 0 saturated carbocycles. The fraction of sp³-hybridized carbons (Fsp3) is 0.636. The highest BCUT2D eigenvalue weighted by Gasteiger charge is 2.48. The zero-order valence-corrected chi connectivity index (χ0v) is 16.7. The van der Waals surface area contributed by atoms with Crippen LogP contribution < -0.4 is 0 Å². The van der Waals surface area contributed by atoms with Crippen LogP contribution >= 0.6 is 0 Å². The predicted molar refractivity (Wildman–Crippen MR) is 105 cm³/mol. The lowest BCUT2D eigenvalue weighted by Crippen LogP contribution is -2.47. The van der Waals surface area contributed by atoms with Gasteiger partial charge in [0.2, 0.25) is 11.8 Å². The van der Waals surface area contributed by atoms with E-state index in [1.165, 1.54) is 5.56 Å². The molecule has 5 nitrogen and oxygen atoms in total. The van der Waals surface area contributed by atoms with Crippen LogP contribution in [-0.4, -0.2) is 61.5 Å². The third-order valence-electron chi connectivity index (χ3n) is 6.44. The molecule has 2 heterocycles. The smallest absolute Gasteiger partial charge is 0.222 e. The minimum atomic E-state index is 0.114. The van der Waals surface area contributed by atoms with Crippen molar-refractivity contribution in [3.63, 3.8) is 0 Å². The number of benzene rings is 1. The van der Waals surface area contributed by atoms with E-state index < -0.39 is 0 Å². The fourth-order valence-electron chi connectivity index (χ4n) is 4.72. The van der Waals surface area contributed by atoms with Gasteiger partial charge in [-0.3, -0.25) is 9.59 Å². The van der Waals surface area contributed by atoms with Crippen LogP contribution in [-0.2, 0) is 20.7 Å². The molecule has 0 aliphatic carbocycles. The van der Waals surface area contributed by atoms with E-state index in [-0.39, 0.29) is 17.2 Å². The van der Waals surface area contributed by atoms with Crippen LogP contribution in [0.1, 0.15) is 38.2 Å². The summed E-state index contributed by atoms with van der Waals surface area (Å²) in [4.78, 5) is 28.4. The van der Waals surface area contributed by atoms with E-state index >= 15 is 0 Å². The van der Waals surface area contributed by atoms with Gasteiger partial charge in [0.15, 0.2) is 0 Å². The molecule has 0 radical (unpaired) electrons. The molecule has 2 saturated heterocycles. The summed E-state index contributed by atoms with van der Waals surface area (Å²) in [5.74, 6) is 0.791. The predicted octanol–water partition coefficient (Wildman–Crippen LogP) is 2.74. The second kappa shape index (κ2) is 8.87. The number of hydrogen-bond donors (Lipinski definition) is 0. The van der Waals surface area contributed by atoms with Gasteiger partial charge in [0.05, 0.1) is 6.61 Å². The lowest BCUT2D eigenvalue weighted by molar-refractivity contribution is -0.134. The zero-order valence-electron chi connectivity index (χ0n) is 16.7. The minimum Gasteiger partial charge on any atom is -0.384 e. The number of carbonyl (C=O) groups excluding carboxylic acids is 2. The Morgan fingerprint density at radius 2 is 1.85 bits per heavy atom. The molecule has 1 aromatic rings. The Labute approximate surface area is 162 Å². The maximum absolute atomic E-state index is 12.6. The number of piperidine rings is 1. The highest BCUT2D eigenvalue weighted by Crippen LogP contribution is 2.45. The Morgan fingerprint density at radius 1 is 1.15 bits per heavy atom. The van der Waals surface area contributed by atoms with Crippen molar-refractivity contribution >= 4 is 11.8 Å². The summed E-state index contributed by atoms with van der Waals surface area (Å²) in [7, 11) is 1.73. The van der Waals surface area contributed by atoms with Gasteiger partial charge in [-0.25, -0.2) is 0 Å². The van der Waals surface area contributed by atoms with Crippen molar-refractivity contribution in [1.29, 1.82) is 0 Å². The minimum absolute atomic E-state index is 0.114. The summed E-state index contributed by atoms with van der Waals surface area (Å²) in [6, 6.07) is 10.3. The van der Waals surface area contributed by atoms with Crippen LogP contribution in [0.5, 0.6) is 0 Å². The number of nitrogens with zero attached hydrogens (tertiary/aromatic N) is 2. The maximum atomic E-state index is 12.6. The summed E-state index contributed by atoms with van der Waals surface area (Å²) >= 11 is 0. The van der Waals surface area contributed by atoms with Crippen molar-refractivity contribution in [2.75, 3.05) is 39.9 Å². The van der Waals surface area contributed by atoms with E-state index in [1.54, 1.807) is 14.0 Å². The zero-order chi connectivity index (χ0) is 19.3. The van der Waals surface area contributed by atoms with Gasteiger partial charge in [0.1, 0.15) is 0 Å². The SMILES string of the molecule is COCC1CN(C(C)=O)CC12CCN(C(=O)CCCc1ccccc1)CC2. The molecule has 1 unspecified atom stereocenters. The number of amides is 2. The first kappa shape index (κ1) is 19.9. The van der Waals surface area contributed by atoms with Gasteiger partial charge < -0.3 is 14.5 Å². The van der Waals surface area contributed by atoms with E-state index in [2.05, 4.69) is 12.1 Å². The number of rotatable bonds is 6. The Hall–Kier alpha value is -1.88. The Morgan fingerprint density at radius 3 is 2.48 bits per heavy atom. The molecule has 2 aliphatic rings. The van der Waals surface area contributed by atoms with Crippen LogP contribution in [0.15, 0.2) is 30.3 Å². The third-order valence-corrected chi connectivity index (χ3v) is 6.44. The quantitative estimate of drug-likeness (QED) is 0.771. The lowest BCUT2D eigenvalue weighted by Gasteiger charge is -2.42. The number of aryl methyl sites for hydroxylation is 1. The van der Waals surface area contributed by atoms with E-state index in [9.17, 15) is 9.59 Å². The number of ether oxygens (including phenoxy) is 1. The maximum Gasteiger partial charge on any atom is 0.222 e. The standard InChI is InChI=1S/C22H32N2O3/c1-18(25)24-15-20(16-27-2)22(17-24)11-13-23(14-12-22)21(26)10-6-9-19-7-4-3-5-8-19/h3-5,7-8,20H,6,9-17H2,1-2H3. The van der Waals surface area contributed by atoms with Crippen LogP contribution in [0.4, 0.5) is 0 Å². The molecule has 0 aromatic heterocycles. The number of hydrogen-bond acceptors (Lipinski definition) is 3. The molecule has 1 atom stereocenters. The molecule has 0 bridgehead atoms. The molecule has 5 heteroatoms. The van der Waals surface area contributed by atoms with Crippen molar-refractivity contribution in [2.24, 2.45) is 11.3 Å².